The predicted octanol–water partition coefficient (Wildman–Crippen LogP) is 13.3. The Balaban J connectivity index is 1.31. The van der Waals surface area contributed by atoms with Gasteiger partial charge in [0.2, 0.25) is 29.5 Å². The van der Waals surface area contributed by atoms with Crippen LogP contribution in [0.3, 0.4) is 0 Å². The molecule has 138 heavy (non-hydrogen) atoms. The average molecular weight is 1910 g/mol. The van der Waals surface area contributed by atoms with E-state index >= 15 is 38.0 Å². The molecule has 11 atom stereocenters. The highest BCUT2D eigenvalue weighted by Crippen LogP contribution is 2.40. The minimum Gasteiger partial charge on any atom is -0.497 e. The number of Topliss-reactive ketones (excluding diaryl/α,β-unsaturated/α-hetero) is 5. The van der Waals surface area contributed by atoms with Gasteiger partial charge in [-0.25, -0.2) is 4.39 Å². The number of carbonyl (C=O) groups is 12. The second kappa shape index (κ2) is 52.7. The van der Waals surface area contributed by atoms with Crippen LogP contribution in [0.15, 0.2) is 127 Å². The number of nitrogens with two attached hydrogens (primary N) is 2. The van der Waals surface area contributed by atoms with E-state index in [-0.39, 0.29) is 43.7 Å². The summed E-state index contributed by atoms with van der Waals surface area (Å²) in [5.41, 5.74) is 12.6. The summed E-state index contributed by atoms with van der Waals surface area (Å²) >= 11 is 0. The second-order valence-corrected chi connectivity index (χ2v) is 39.9. The molecule has 6 amide bonds. The maximum atomic E-state index is 16.2. The molecule has 0 bridgehead atoms. The van der Waals surface area contributed by atoms with E-state index in [1.54, 1.807) is 126 Å². The molecule has 0 aliphatic carbocycles. The van der Waals surface area contributed by atoms with Gasteiger partial charge in [0.25, 0.3) is 5.91 Å². The number of unbranched alkanes of at least 4 members (excludes halogenated alkanes) is 2. The summed E-state index contributed by atoms with van der Waals surface area (Å²) in [5.74, 6) is -11.5. The summed E-state index contributed by atoms with van der Waals surface area (Å²) in [6.07, 6.45) is -2.62. The Kier molecular flexibility index (Phi) is 43.1. The van der Waals surface area contributed by atoms with E-state index < -0.39 is 222 Å². The van der Waals surface area contributed by atoms with E-state index in [2.05, 4.69) is 79.3 Å². The Hall–Kier alpha value is -12.0. The number of aryl methyl sites for hydroxylation is 4. The first kappa shape index (κ1) is 113. The number of benzene rings is 6. The van der Waals surface area contributed by atoms with Crippen molar-refractivity contribution in [2.24, 2.45) is 28.7 Å². The lowest BCUT2D eigenvalue weighted by atomic mass is 9.76. The number of hydrogen-bond donors (Lipinski definition) is 8. The number of aromatic amines is 1. The number of carbonyl (C=O) groups excluding carboxylic acids is 12. The van der Waals surface area contributed by atoms with Gasteiger partial charge < -0.3 is 75.9 Å². The number of esters is 1. The smallest absolute Gasteiger partial charge is 0.308 e. The lowest BCUT2D eigenvalue weighted by Crippen LogP contribution is -2.57. The number of tetrazole rings is 1. The number of nitrogens with one attached hydrogen (secondary N) is 6. The Morgan fingerprint density at radius 1 is 0.536 bits per heavy atom. The number of methoxy groups -OCH3 is 2. The summed E-state index contributed by atoms with van der Waals surface area (Å²) < 4.78 is 64.6. The van der Waals surface area contributed by atoms with E-state index in [1.807, 2.05) is 56.3 Å². The fourth-order valence-electron chi connectivity index (χ4n) is 16.6. The second-order valence-electron chi connectivity index (χ2n) is 39.9. The van der Waals surface area contributed by atoms with Crippen molar-refractivity contribution in [3.63, 3.8) is 0 Å². The van der Waals surface area contributed by atoms with Crippen LogP contribution in [-0.4, -0.2) is 196 Å². The fraction of sp³-hybridized carbons (Fsp3) is 0.538. The van der Waals surface area contributed by atoms with Crippen LogP contribution in [0.4, 0.5) is 4.39 Å². The van der Waals surface area contributed by atoms with Gasteiger partial charge in [0, 0.05) is 68.4 Å². The number of hydrogen-bond acceptors (Lipinski definition) is 24. The van der Waals surface area contributed by atoms with Crippen molar-refractivity contribution >= 4 is 70.3 Å². The molecule has 10 N–H and O–H groups in total. The van der Waals surface area contributed by atoms with Gasteiger partial charge in [0.05, 0.1) is 98.9 Å². The van der Waals surface area contributed by atoms with Crippen LogP contribution in [0.5, 0.6) is 23.0 Å². The molecule has 0 saturated carbocycles. The van der Waals surface area contributed by atoms with E-state index in [9.17, 15) is 24.0 Å². The maximum Gasteiger partial charge on any atom is 0.308 e. The minimum atomic E-state index is -2.01. The number of primary amides is 1. The molecule has 1 aromatic heterocycles. The van der Waals surface area contributed by atoms with Crippen LogP contribution in [0.2, 0.25) is 0 Å². The molecule has 0 spiro atoms. The Labute approximate surface area is 811 Å². The zero-order valence-electron chi connectivity index (χ0n) is 84.3. The van der Waals surface area contributed by atoms with E-state index in [4.69, 9.17) is 49.4 Å². The summed E-state index contributed by atoms with van der Waals surface area (Å²) in [4.78, 5) is 178. The highest BCUT2D eigenvalue weighted by Gasteiger charge is 2.45. The molecule has 7 aromatic rings. The van der Waals surface area contributed by atoms with Gasteiger partial charge in [-0.3, -0.25) is 57.5 Å². The van der Waals surface area contributed by atoms with Crippen molar-refractivity contribution in [3.05, 3.63) is 184 Å². The molecule has 0 radical (unpaired) electrons. The largest absolute Gasteiger partial charge is 0.497 e. The quantitative estimate of drug-likeness (QED) is 0.0130. The Morgan fingerprint density at radius 3 is 1.74 bits per heavy atom. The molecule has 31 nitrogen and oxygen atoms in total. The highest BCUT2D eigenvalue weighted by molar-refractivity contribution is 6.00. The van der Waals surface area contributed by atoms with Gasteiger partial charge >= 0.3 is 5.97 Å². The van der Waals surface area contributed by atoms with Gasteiger partial charge in [-0.1, -0.05) is 135 Å². The molecule has 1 heterocycles. The molecule has 1 unspecified atom stereocenters. The SMILES string of the molecule is CCCCCOc1ccc(-c2ccc(C[C@H](CC(=O)[C@H](CC(=O)OC(C)(C)C)NC(=O)[C@H](COC(C)(C)C)CC(=O)[C@@H](NC(=O)[C@@](C)(CC(=O)[C@@H](NC(=O)CCC(=O)[C@H](Cc3nn[nH]n3)NC(=O)CN)[C@@H](C)OC(C)(C)C)Cc3ccccc3F)[C@@H](C)OC(C)(C)C)C(=O)N[C@@H](CCCc3cc(C)cc(C)c3)C(=O)CC(c3ccc(OCC(N)=O)cc3)c3ccc(OC)cc3OC)cc2)c(CC)c1. The molecule has 0 fully saturated rings. The van der Waals surface area contributed by atoms with Gasteiger partial charge in [-0.15, -0.1) is 10.2 Å². The molecule has 752 valence electrons. The number of amides is 6. The lowest BCUT2D eigenvalue weighted by Gasteiger charge is -2.36. The average Bonchev–Trinajstić information content (AvgIpc) is 0.845. The number of ether oxygens (including phenoxy) is 8. The first-order valence-corrected chi connectivity index (χ1v) is 47.5. The molecule has 0 aliphatic heterocycles. The third-order valence-corrected chi connectivity index (χ3v) is 23.2. The van der Waals surface area contributed by atoms with E-state index in [1.165, 1.54) is 59.3 Å². The zero-order chi connectivity index (χ0) is 102. The van der Waals surface area contributed by atoms with Crippen molar-refractivity contribution < 1.29 is 99.8 Å². The van der Waals surface area contributed by atoms with Crippen molar-refractivity contribution in [3.8, 4) is 34.1 Å². The van der Waals surface area contributed by atoms with Crippen molar-refractivity contribution in [2.75, 3.05) is 40.6 Å². The monoisotopic (exact) mass is 1910 g/mol. The zero-order valence-corrected chi connectivity index (χ0v) is 84.3. The summed E-state index contributed by atoms with van der Waals surface area (Å²) in [7, 11) is 3.01. The van der Waals surface area contributed by atoms with Crippen LogP contribution in [0.1, 0.15) is 251 Å². The van der Waals surface area contributed by atoms with Crippen LogP contribution in [-0.2, 0) is 109 Å². The Morgan fingerprint density at radius 2 is 1.15 bits per heavy atom. The first-order valence-electron chi connectivity index (χ1n) is 47.5. The molecular weight excluding hydrogens is 1770 g/mol. The summed E-state index contributed by atoms with van der Waals surface area (Å²) in [5, 5.41) is 27.6. The third kappa shape index (κ3) is 37.7. The van der Waals surface area contributed by atoms with E-state index in [0.29, 0.717) is 59.8 Å². The summed E-state index contributed by atoms with van der Waals surface area (Å²) in [6.45, 7) is 32.1. The first-order chi connectivity index (χ1) is 64.9. The van der Waals surface area contributed by atoms with Gasteiger partial charge in [0.1, 0.15) is 46.5 Å². The van der Waals surface area contributed by atoms with Crippen LogP contribution >= 0.6 is 0 Å². The highest BCUT2D eigenvalue weighted by atomic mass is 19.1. The number of halogens is 1. The van der Waals surface area contributed by atoms with Crippen LogP contribution in [0, 0.1) is 36.9 Å². The molecule has 7 rings (SSSR count). The number of rotatable bonds is 57. The normalized spacial score (nSPS) is 14.5. The molecule has 6 aromatic carbocycles. The van der Waals surface area contributed by atoms with Gasteiger partial charge in [-0.05, 0) is 231 Å². The number of ketones is 5. The Bertz CT molecular complexity index is 5230. The number of H-pyrrole nitrogens is 1. The molecule has 0 aliphatic rings. The van der Waals surface area contributed by atoms with Gasteiger partial charge in [-0.2, -0.15) is 5.21 Å². The molecular formula is C106H146FN11O20. The van der Waals surface area contributed by atoms with Crippen LogP contribution in [0.25, 0.3) is 11.1 Å². The van der Waals surface area contributed by atoms with Crippen molar-refractivity contribution in [2.45, 2.75) is 311 Å². The number of aromatic nitrogens is 4. The van der Waals surface area contributed by atoms with Crippen LogP contribution < -0.4 is 57.0 Å². The maximum absolute atomic E-state index is 16.2. The minimum absolute atomic E-state index is 0.0120. The van der Waals surface area contributed by atoms with Crippen molar-refractivity contribution in [1.82, 2.24) is 47.2 Å². The third-order valence-electron chi connectivity index (χ3n) is 23.2. The molecule has 0 saturated heterocycles. The standard InChI is InChI=1S/C106H146FN11O20/c1-22-24-27-47-133-78-42-43-79(70(23-2)52-78)71-35-33-68(34-36-71)51-74(99(128)111-83(32-28-29-69-49-64(3)48-65(4)50-69)88(121)56-81(80-44-41-77(131-20)55-91(80)132-21)72-37-39-76(40-38-72)134-63-92(109)124)53-87(120)85(58-96(127)138-105(16,17)18)112-100(129)75(62-135-102(7,8)9)54-89(122)97(66(5)136-103(10,11)12)114-101(130)106(19,59-73-30-25-26-31-82(73)107)60-90(123)98(67(6)137-104(13,14)15)113-94(125)46-45-86(119)84(110-95(126)61-108)57-93-115-117-118-116-93/h25-26,30-31,33-44,48-50,52,55,66-67,74-75,81,83-85,97-98H,22-24,27-29,32,45-47,51,53-54,56-63,108H2,1-21H3,(H2,109,124)(H,110,126)(H,111,128)(H,112,129)(H,113,125)(H,114,130)(H,115,116,117,118)/t66-,67-,74-,75+,81?,83+,84+,85+,97+,98+,106-/m1/s1. The van der Waals surface area contributed by atoms with Crippen molar-refractivity contribution in [1.29, 1.82) is 0 Å². The molecule has 32 heteroatoms. The topological polar surface area (TPSA) is 445 Å². The lowest BCUT2D eigenvalue weighted by molar-refractivity contribution is -0.157. The van der Waals surface area contributed by atoms with E-state index in [0.717, 1.165) is 58.4 Å². The fourth-order valence-corrected chi connectivity index (χ4v) is 16.6. The number of nitrogens with zero attached hydrogens (tertiary/aromatic N) is 3. The van der Waals surface area contributed by atoms with Gasteiger partial charge in [0.15, 0.2) is 41.3 Å². The predicted molar refractivity (Wildman–Crippen MR) is 523 cm³/mol. The summed E-state index contributed by atoms with van der Waals surface area (Å²) in [6, 6.07) is 29.9.